The smallest absolute Gasteiger partial charge is 0.154 e. The molecule has 0 aliphatic carbocycles. The van der Waals surface area contributed by atoms with Gasteiger partial charge < -0.3 is 9.53 Å². The largest absolute Gasteiger partial charge is 0.360 e. The number of benzene rings is 1. The molecule has 0 spiro atoms. The number of hydrogen-bond acceptors (Lipinski definition) is 3. The van der Waals surface area contributed by atoms with E-state index in [1.54, 1.807) is 18.2 Å². The summed E-state index contributed by atoms with van der Waals surface area (Å²) in [6.07, 6.45) is 0.867. The quantitative estimate of drug-likeness (QED) is 0.789. The van der Waals surface area contributed by atoms with E-state index in [9.17, 15) is 4.79 Å². The molecule has 1 aromatic carbocycles. The standard InChI is InChI=1S/C12H13Cl2NO2/c1-15-6-12(7-15,8-16)17-5-9-4-10(13)2-3-11(9)14/h2-4,8H,5-7H2,1H3. The van der Waals surface area contributed by atoms with Crippen molar-refractivity contribution in [3.63, 3.8) is 0 Å². The minimum atomic E-state index is -0.680. The maximum Gasteiger partial charge on any atom is 0.154 e. The highest BCUT2D eigenvalue weighted by atomic mass is 35.5. The number of likely N-dealkylation sites (N-methyl/N-ethyl adjacent to an activating group) is 1. The van der Waals surface area contributed by atoms with Crippen LogP contribution < -0.4 is 0 Å². The molecule has 1 aliphatic rings. The van der Waals surface area contributed by atoms with Gasteiger partial charge in [0, 0.05) is 23.1 Å². The SMILES string of the molecule is CN1CC(C=O)(OCc2cc(Cl)ccc2Cl)C1. The average Bonchev–Trinajstić information content (AvgIpc) is 2.27. The predicted octanol–water partition coefficient (Wildman–Crippen LogP) is 2.39. The Morgan fingerprint density at radius 1 is 1.47 bits per heavy atom. The first-order chi connectivity index (χ1) is 8.04. The molecule has 1 aliphatic heterocycles. The van der Waals surface area contributed by atoms with Gasteiger partial charge in [0.15, 0.2) is 6.29 Å². The van der Waals surface area contributed by atoms with Crippen LogP contribution in [-0.2, 0) is 16.1 Å². The number of rotatable bonds is 4. The number of aldehydes is 1. The first kappa shape index (κ1) is 12.8. The van der Waals surface area contributed by atoms with Gasteiger partial charge in [0.1, 0.15) is 5.60 Å². The van der Waals surface area contributed by atoms with Gasteiger partial charge >= 0.3 is 0 Å². The van der Waals surface area contributed by atoms with Crippen LogP contribution in [0.25, 0.3) is 0 Å². The summed E-state index contributed by atoms with van der Waals surface area (Å²) in [6, 6.07) is 5.20. The Kier molecular flexibility index (Phi) is 3.73. The van der Waals surface area contributed by atoms with E-state index in [0.717, 1.165) is 11.8 Å². The van der Waals surface area contributed by atoms with Gasteiger partial charge in [0.2, 0.25) is 0 Å². The second-order valence-corrected chi connectivity index (χ2v) is 5.22. The topological polar surface area (TPSA) is 29.5 Å². The van der Waals surface area contributed by atoms with Crippen molar-refractivity contribution in [2.45, 2.75) is 12.2 Å². The second kappa shape index (κ2) is 4.94. The summed E-state index contributed by atoms with van der Waals surface area (Å²) in [7, 11) is 1.94. The molecule has 1 heterocycles. The highest BCUT2D eigenvalue weighted by Crippen LogP contribution is 2.26. The van der Waals surface area contributed by atoms with Crippen molar-refractivity contribution in [3.8, 4) is 0 Å². The fraction of sp³-hybridized carbons (Fsp3) is 0.417. The van der Waals surface area contributed by atoms with Crippen LogP contribution in [-0.4, -0.2) is 36.9 Å². The van der Waals surface area contributed by atoms with E-state index < -0.39 is 5.60 Å². The fourth-order valence-electron chi connectivity index (χ4n) is 1.94. The van der Waals surface area contributed by atoms with Gasteiger partial charge in [-0.15, -0.1) is 0 Å². The average molecular weight is 274 g/mol. The molecule has 0 saturated carbocycles. The van der Waals surface area contributed by atoms with Crippen LogP contribution in [0, 0.1) is 0 Å². The molecule has 1 fully saturated rings. The monoisotopic (exact) mass is 273 g/mol. The van der Waals surface area contributed by atoms with E-state index in [4.69, 9.17) is 27.9 Å². The van der Waals surface area contributed by atoms with Gasteiger partial charge in [-0.25, -0.2) is 0 Å². The highest BCUT2D eigenvalue weighted by molar-refractivity contribution is 6.33. The first-order valence-corrected chi connectivity index (χ1v) is 6.03. The second-order valence-electron chi connectivity index (χ2n) is 4.38. The molecule has 3 nitrogen and oxygen atoms in total. The molecule has 0 amide bonds. The number of halogens is 2. The van der Waals surface area contributed by atoms with E-state index in [1.807, 2.05) is 11.9 Å². The van der Waals surface area contributed by atoms with Crippen LogP contribution in [0.1, 0.15) is 5.56 Å². The Hall–Kier alpha value is -0.610. The first-order valence-electron chi connectivity index (χ1n) is 5.27. The number of carbonyl (C=O) groups excluding carboxylic acids is 1. The van der Waals surface area contributed by atoms with Crippen molar-refractivity contribution in [1.29, 1.82) is 0 Å². The molecule has 2 rings (SSSR count). The van der Waals surface area contributed by atoms with Crippen molar-refractivity contribution >= 4 is 29.5 Å². The molecular weight excluding hydrogens is 261 g/mol. The Bertz CT molecular complexity index is 431. The van der Waals surface area contributed by atoms with E-state index in [-0.39, 0.29) is 0 Å². The van der Waals surface area contributed by atoms with E-state index >= 15 is 0 Å². The molecule has 0 atom stereocenters. The molecule has 1 saturated heterocycles. The minimum absolute atomic E-state index is 0.298. The van der Waals surface area contributed by atoms with Crippen LogP contribution >= 0.6 is 23.2 Å². The van der Waals surface area contributed by atoms with E-state index in [1.165, 1.54) is 0 Å². The summed E-state index contributed by atoms with van der Waals surface area (Å²) in [6.45, 7) is 1.54. The van der Waals surface area contributed by atoms with Crippen molar-refractivity contribution in [3.05, 3.63) is 33.8 Å². The van der Waals surface area contributed by atoms with Crippen LogP contribution in [0.5, 0.6) is 0 Å². The zero-order chi connectivity index (χ0) is 12.5. The molecule has 0 bridgehead atoms. The molecule has 0 aromatic heterocycles. The summed E-state index contributed by atoms with van der Waals surface area (Å²) in [4.78, 5) is 13.0. The Labute approximate surface area is 110 Å². The lowest BCUT2D eigenvalue weighted by atomic mass is 9.96. The molecule has 0 unspecified atom stereocenters. The number of hydrogen-bond donors (Lipinski definition) is 0. The maximum atomic E-state index is 11.0. The molecule has 1 aromatic rings. The number of nitrogens with zero attached hydrogens (tertiary/aromatic N) is 1. The Morgan fingerprint density at radius 2 is 2.18 bits per heavy atom. The Morgan fingerprint density at radius 3 is 2.76 bits per heavy atom. The summed E-state index contributed by atoms with van der Waals surface area (Å²) in [5.74, 6) is 0. The van der Waals surface area contributed by atoms with Crippen LogP contribution in [0.2, 0.25) is 10.0 Å². The molecule has 0 N–H and O–H groups in total. The van der Waals surface area contributed by atoms with Crippen LogP contribution in [0.4, 0.5) is 0 Å². The molecular formula is C12H13Cl2NO2. The van der Waals surface area contributed by atoms with Crippen molar-refractivity contribution in [1.82, 2.24) is 4.90 Å². The third-order valence-electron chi connectivity index (χ3n) is 2.81. The van der Waals surface area contributed by atoms with Gasteiger partial charge in [-0.3, -0.25) is 4.90 Å². The Balaban J connectivity index is 2.02. The highest BCUT2D eigenvalue weighted by Gasteiger charge is 2.42. The lowest BCUT2D eigenvalue weighted by Gasteiger charge is -2.44. The van der Waals surface area contributed by atoms with Gasteiger partial charge in [-0.2, -0.15) is 0 Å². The maximum absolute atomic E-state index is 11.0. The molecule has 0 radical (unpaired) electrons. The van der Waals surface area contributed by atoms with Gasteiger partial charge in [0.05, 0.1) is 6.61 Å². The van der Waals surface area contributed by atoms with Crippen molar-refractivity contribution in [2.75, 3.05) is 20.1 Å². The third kappa shape index (κ3) is 2.80. The summed E-state index contributed by atoms with van der Waals surface area (Å²) in [5, 5.41) is 1.21. The van der Waals surface area contributed by atoms with Gasteiger partial charge in [-0.1, -0.05) is 23.2 Å². The van der Waals surface area contributed by atoms with Crippen LogP contribution in [0.15, 0.2) is 18.2 Å². The molecule has 17 heavy (non-hydrogen) atoms. The lowest BCUT2D eigenvalue weighted by Crippen LogP contribution is -2.62. The predicted molar refractivity (Wildman–Crippen MR) is 67.5 cm³/mol. The molecule has 5 heteroatoms. The third-order valence-corrected chi connectivity index (χ3v) is 3.42. The van der Waals surface area contributed by atoms with Gasteiger partial charge in [-0.05, 0) is 30.8 Å². The van der Waals surface area contributed by atoms with Crippen molar-refractivity contribution in [2.24, 2.45) is 0 Å². The summed E-state index contributed by atoms with van der Waals surface area (Å²) in [5.41, 5.74) is 0.121. The number of carbonyl (C=O) groups is 1. The lowest BCUT2D eigenvalue weighted by molar-refractivity contribution is -0.159. The zero-order valence-electron chi connectivity index (χ0n) is 9.45. The molecule has 92 valence electrons. The zero-order valence-corrected chi connectivity index (χ0v) is 11.0. The summed E-state index contributed by atoms with van der Waals surface area (Å²) >= 11 is 11.9. The summed E-state index contributed by atoms with van der Waals surface area (Å²) < 4.78 is 5.65. The van der Waals surface area contributed by atoms with Gasteiger partial charge in [0.25, 0.3) is 0 Å². The van der Waals surface area contributed by atoms with Crippen LogP contribution in [0.3, 0.4) is 0 Å². The fourth-order valence-corrected chi connectivity index (χ4v) is 2.31. The minimum Gasteiger partial charge on any atom is -0.360 e. The number of ether oxygens (including phenoxy) is 1. The van der Waals surface area contributed by atoms with Crippen molar-refractivity contribution < 1.29 is 9.53 Å². The normalized spacial score (nSPS) is 18.8. The van der Waals surface area contributed by atoms with E-state index in [0.29, 0.717) is 29.7 Å². The number of likely N-dealkylation sites (tertiary alicyclic amines) is 1. The van der Waals surface area contributed by atoms with E-state index in [2.05, 4.69) is 0 Å².